The Balaban J connectivity index is 1.61. The molecule has 0 aromatic carbocycles. The highest BCUT2D eigenvalue weighted by molar-refractivity contribution is 5.84. The molecule has 10 nitrogen and oxygen atoms in total. The van der Waals surface area contributed by atoms with E-state index in [1.54, 1.807) is 26.6 Å². The largest absolute Gasteiger partial charge is 0.448 e. The minimum Gasteiger partial charge on any atom is -0.448 e. The lowest BCUT2D eigenvalue weighted by Gasteiger charge is -2.26. The SMILES string of the molecule is COc1ccc(Nc2nc(NC3CCC(O)CC3)c3[nH]cnc3n2)c(OC)[nH+]1. The number of rotatable bonds is 6. The number of hydrogen-bond acceptors (Lipinski definition) is 8. The second-order valence-corrected chi connectivity index (χ2v) is 6.75. The van der Waals surface area contributed by atoms with Gasteiger partial charge in [-0.05, 0) is 31.7 Å². The number of aliphatic hydroxyl groups is 1. The number of anilines is 3. The number of methoxy groups -OCH3 is 2. The van der Waals surface area contributed by atoms with Gasteiger partial charge in [-0.15, -0.1) is 4.98 Å². The van der Waals surface area contributed by atoms with Gasteiger partial charge in [-0.3, -0.25) is 0 Å². The minimum absolute atomic E-state index is 0.202. The fourth-order valence-corrected chi connectivity index (χ4v) is 3.36. The number of fused-ring (bicyclic) bond motifs is 1. The predicted molar refractivity (Wildman–Crippen MR) is 103 cm³/mol. The number of nitrogens with zero attached hydrogens (tertiary/aromatic N) is 3. The second kappa shape index (κ2) is 7.85. The summed E-state index contributed by atoms with van der Waals surface area (Å²) in [4.78, 5) is 19.5. The fraction of sp³-hybridized carbons (Fsp3) is 0.444. The van der Waals surface area contributed by atoms with E-state index in [9.17, 15) is 5.11 Å². The molecule has 1 aliphatic rings. The van der Waals surface area contributed by atoms with Gasteiger partial charge in [-0.2, -0.15) is 9.97 Å². The Labute approximate surface area is 161 Å². The Morgan fingerprint density at radius 2 is 1.96 bits per heavy atom. The molecule has 1 aliphatic carbocycles. The lowest BCUT2D eigenvalue weighted by Crippen LogP contribution is -2.28. The monoisotopic (exact) mass is 386 g/mol. The first kappa shape index (κ1) is 18.2. The van der Waals surface area contributed by atoms with Gasteiger partial charge in [0.05, 0.1) is 32.7 Å². The molecule has 0 amide bonds. The molecule has 0 unspecified atom stereocenters. The summed E-state index contributed by atoms with van der Waals surface area (Å²) in [6.45, 7) is 0. The van der Waals surface area contributed by atoms with Crippen molar-refractivity contribution in [2.45, 2.75) is 37.8 Å². The summed E-state index contributed by atoms with van der Waals surface area (Å²) < 4.78 is 10.6. The highest BCUT2D eigenvalue weighted by atomic mass is 16.5. The number of hydrogen-bond donors (Lipinski definition) is 4. The van der Waals surface area contributed by atoms with Crippen molar-refractivity contribution >= 4 is 28.6 Å². The third kappa shape index (κ3) is 3.77. The number of aliphatic hydroxyl groups excluding tert-OH is 1. The predicted octanol–water partition coefficient (Wildman–Crippen LogP) is 1.64. The highest BCUT2D eigenvalue weighted by Gasteiger charge is 2.22. The lowest BCUT2D eigenvalue weighted by molar-refractivity contribution is -0.405. The third-order valence-corrected chi connectivity index (χ3v) is 4.88. The van der Waals surface area contributed by atoms with E-state index < -0.39 is 0 Å². The molecule has 4 rings (SSSR count). The van der Waals surface area contributed by atoms with Gasteiger partial charge in [-0.25, -0.2) is 4.98 Å². The van der Waals surface area contributed by atoms with Gasteiger partial charge in [-0.1, -0.05) is 0 Å². The molecule has 1 fully saturated rings. The van der Waals surface area contributed by atoms with E-state index in [2.05, 4.69) is 35.6 Å². The highest BCUT2D eigenvalue weighted by Crippen LogP contribution is 2.28. The fourth-order valence-electron chi connectivity index (χ4n) is 3.36. The van der Waals surface area contributed by atoms with Crippen molar-refractivity contribution in [1.29, 1.82) is 0 Å². The van der Waals surface area contributed by atoms with E-state index in [1.165, 1.54) is 0 Å². The molecule has 0 bridgehead atoms. The summed E-state index contributed by atoms with van der Waals surface area (Å²) in [5, 5.41) is 16.4. The molecule has 0 spiro atoms. The Kier molecular flexibility index (Phi) is 5.11. The molecule has 3 heterocycles. The van der Waals surface area contributed by atoms with E-state index in [1.807, 2.05) is 6.07 Å². The van der Waals surface area contributed by atoms with Crippen LogP contribution in [0.3, 0.4) is 0 Å². The Morgan fingerprint density at radius 3 is 2.71 bits per heavy atom. The summed E-state index contributed by atoms with van der Waals surface area (Å²) in [7, 11) is 3.15. The first-order valence-electron chi connectivity index (χ1n) is 9.23. The smallest absolute Gasteiger partial charge is 0.393 e. The van der Waals surface area contributed by atoms with Gasteiger partial charge in [0.25, 0.3) is 0 Å². The van der Waals surface area contributed by atoms with Crippen LogP contribution >= 0.6 is 0 Å². The van der Waals surface area contributed by atoms with Crippen LogP contribution in [0.2, 0.25) is 0 Å². The zero-order chi connectivity index (χ0) is 19.5. The normalized spacial score (nSPS) is 19.4. The lowest BCUT2D eigenvalue weighted by atomic mass is 9.93. The van der Waals surface area contributed by atoms with Crippen molar-refractivity contribution < 1.29 is 19.6 Å². The molecule has 0 radical (unpaired) electrons. The van der Waals surface area contributed by atoms with Crippen molar-refractivity contribution in [1.82, 2.24) is 19.9 Å². The zero-order valence-electron chi connectivity index (χ0n) is 15.8. The number of nitrogens with one attached hydrogen (secondary N) is 4. The summed E-state index contributed by atoms with van der Waals surface area (Å²) >= 11 is 0. The van der Waals surface area contributed by atoms with Crippen LogP contribution in [0.25, 0.3) is 11.2 Å². The first-order valence-corrected chi connectivity index (χ1v) is 9.23. The Bertz CT molecular complexity index is 954. The van der Waals surface area contributed by atoms with Crippen LogP contribution < -0.4 is 25.1 Å². The minimum atomic E-state index is -0.202. The molecule has 0 saturated heterocycles. The molecule has 10 heteroatoms. The number of aromatic amines is 2. The topological polar surface area (TPSA) is 131 Å². The maximum absolute atomic E-state index is 9.72. The van der Waals surface area contributed by atoms with Crippen molar-refractivity contribution in [2.24, 2.45) is 0 Å². The van der Waals surface area contributed by atoms with Gasteiger partial charge >= 0.3 is 11.8 Å². The number of H-pyrrole nitrogens is 2. The number of ether oxygens (including phenoxy) is 2. The molecule has 5 N–H and O–H groups in total. The molecule has 148 valence electrons. The van der Waals surface area contributed by atoms with Crippen LogP contribution in [0.5, 0.6) is 11.8 Å². The molecule has 1 saturated carbocycles. The summed E-state index contributed by atoms with van der Waals surface area (Å²) in [5.74, 6) is 2.16. The van der Waals surface area contributed by atoms with E-state index in [-0.39, 0.29) is 12.1 Å². The Hall–Kier alpha value is -3.14. The third-order valence-electron chi connectivity index (χ3n) is 4.88. The second-order valence-electron chi connectivity index (χ2n) is 6.75. The maximum Gasteiger partial charge on any atom is 0.393 e. The molecule has 28 heavy (non-hydrogen) atoms. The van der Waals surface area contributed by atoms with E-state index in [0.29, 0.717) is 34.9 Å². The quantitative estimate of drug-likeness (QED) is 0.503. The zero-order valence-corrected chi connectivity index (χ0v) is 15.8. The van der Waals surface area contributed by atoms with Gasteiger partial charge in [0.1, 0.15) is 5.52 Å². The van der Waals surface area contributed by atoms with Gasteiger partial charge in [0, 0.05) is 6.04 Å². The number of imidazole rings is 1. The summed E-state index contributed by atoms with van der Waals surface area (Å²) in [6, 6.07) is 3.85. The van der Waals surface area contributed by atoms with E-state index >= 15 is 0 Å². The van der Waals surface area contributed by atoms with E-state index in [0.717, 1.165) is 31.2 Å². The molecular formula is C18H24N7O3+. The average Bonchev–Trinajstić information content (AvgIpc) is 3.19. The average molecular weight is 386 g/mol. The van der Waals surface area contributed by atoms with Crippen molar-refractivity contribution in [3.8, 4) is 11.8 Å². The first-order chi connectivity index (χ1) is 13.7. The van der Waals surface area contributed by atoms with Crippen LogP contribution in [-0.2, 0) is 0 Å². The van der Waals surface area contributed by atoms with Crippen LogP contribution in [0.15, 0.2) is 18.5 Å². The standard InChI is InChI=1S/C18H23N7O3/c1-27-13-8-7-12(17(23-13)28-2)22-18-24-15-14(19-9-20-15)16(25-18)21-10-3-5-11(26)6-4-10/h7-11,26H,3-6H2,1-2H3,(H3,19,20,21,22,24,25)/p+1. The van der Waals surface area contributed by atoms with E-state index in [4.69, 9.17) is 9.47 Å². The van der Waals surface area contributed by atoms with Crippen LogP contribution in [0.1, 0.15) is 25.7 Å². The van der Waals surface area contributed by atoms with Crippen molar-refractivity contribution in [3.63, 3.8) is 0 Å². The van der Waals surface area contributed by atoms with Gasteiger partial charge < -0.3 is 30.2 Å². The molecule has 3 aromatic heterocycles. The Morgan fingerprint density at radius 1 is 1.14 bits per heavy atom. The van der Waals surface area contributed by atoms with Gasteiger partial charge in [0.15, 0.2) is 17.2 Å². The summed E-state index contributed by atoms with van der Waals surface area (Å²) in [5.41, 5.74) is 1.99. The number of aromatic nitrogens is 5. The molecule has 0 aliphatic heterocycles. The molecular weight excluding hydrogens is 362 g/mol. The molecule has 0 atom stereocenters. The van der Waals surface area contributed by atoms with Crippen molar-refractivity contribution in [2.75, 3.05) is 24.9 Å². The number of pyridine rings is 1. The van der Waals surface area contributed by atoms with Gasteiger partial charge in [0.2, 0.25) is 5.95 Å². The maximum atomic E-state index is 9.72. The summed E-state index contributed by atoms with van der Waals surface area (Å²) in [6.07, 6.45) is 4.76. The molecule has 3 aromatic rings. The van der Waals surface area contributed by atoms with Crippen LogP contribution in [0, 0.1) is 0 Å². The van der Waals surface area contributed by atoms with Crippen LogP contribution in [-0.4, -0.2) is 51.4 Å². The van der Waals surface area contributed by atoms with Crippen LogP contribution in [0.4, 0.5) is 17.5 Å². The van der Waals surface area contributed by atoms with Crippen molar-refractivity contribution in [3.05, 3.63) is 18.5 Å².